The molecule has 8 nitrogen and oxygen atoms in total. The van der Waals surface area contributed by atoms with Gasteiger partial charge in [0.1, 0.15) is 17.7 Å². The molecule has 1 amide bonds. The molecule has 4 aromatic rings. The number of pyridine rings is 1. The first-order chi connectivity index (χ1) is 19.1. The fourth-order valence-corrected chi connectivity index (χ4v) is 5.94. The van der Waals surface area contributed by atoms with Crippen LogP contribution in [0.5, 0.6) is 0 Å². The normalized spacial score (nSPS) is 19.7. The van der Waals surface area contributed by atoms with Gasteiger partial charge in [-0.25, -0.2) is 9.97 Å². The van der Waals surface area contributed by atoms with Gasteiger partial charge in [-0.1, -0.05) is 26.3 Å². The molecule has 8 heteroatoms. The van der Waals surface area contributed by atoms with Crippen molar-refractivity contribution in [3.05, 3.63) is 60.8 Å². The second kappa shape index (κ2) is 9.59. The van der Waals surface area contributed by atoms with Crippen LogP contribution in [-0.2, 0) is 4.79 Å². The standard InChI is InChI=1S/C31H35N7O/c1-3-20(2)29-31(39)35-25-11-9-22(33-21-7-8-21)18-24(25)30-34-26-19-23(10-12-27(26)38(29)30)36-14-16-37(17-15-36)28-6-4-5-13-32-28/h4-6,9-13,18-21,29,33H,3,7-8,14-17H2,1-2H3,(H,35,39). The van der Waals surface area contributed by atoms with Crippen LogP contribution >= 0.6 is 0 Å². The molecule has 1 saturated carbocycles. The molecule has 1 saturated heterocycles. The minimum Gasteiger partial charge on any atom is -0.382 e. The summed E-state index contributed by atoms with van der Waals surface area (Å²) in [5, 5.41) is 6.83. The monoisotopic (exact) mass is 521 g/mol. The molecule has 0 bridgehead atoms. The molecule has 7 rings (SSSR count). The smallest absolute Gasteiger partial charge is 0.247 e. The van der Waals surface area contributed by atoms with Crippen LogP contribution in [-0.4, -0.2) is 52.7 Å². The van der Waals surface area contributed by atoms with Crippen LogP contribution in [0.15, 0.2) is 60.8 Å². The minimum atomic E-state index is -0.324. The predicted molar refractivity (Wildman–Crippen MR) is 158 cm³/mol. The van der Waals surface area contributed by atoms with Crippen molar-refractivity contribution in [3.63, 3.8) is 0 Å². The third-order valence-corrected chi connectivity index (χ3v) is 8.49. The first-order valence-corrected chi connectivity index (χ1v) is 14.2. The van der Waals surface area contributed by atoms with Crippen LogP contribution < -0.4 is 20.4 Å². The van der Waals surface area contributed by atoms with Crippen molar-refractivity contribution in [1.29, 1.82) is 0 Å². The van der Waals surface area contributed by atoms with Crippen molar-refractivity contribution in [2.75, 3.05) is 46.6 Å². The van der Waals surface area contributed by atoms with Gasteiger partial charge in [0.25, 0.3) is 0 Å². The zero-order chi connectivity index (χ0) is 26.5. The Balaban J connectivity index is 1.26. The Hall–Kier alpha value is -4.07. The van der Waals surface area contributed by atoms with E-state index in [0.717, 1.165) is 72.2 Å². The van der Waals surface area contributed by atoms with E-state index in [1.807, 2.05) is 24.4 Å². The van der Waals surface area contributed by atoms with Gasteiger partial charge in [0, 0.05) is 55.4 Å². The maximum absolute atomic E-state index is 13.6. The van der Waals surface area contributed by atoms with Gasteiger partial charge in [0.05, 0.1) is 16.7 Å². The molecule has 3 aliphatic rings. The van der Waals surface area contributed by atoms with Gasteiger partial charge < -0.3 is 25.0 Å². The molecule has 0 radical (unpaired) electrons. The van der Waals surface area contributed by atoms with Crippen molar-refractivity contribution in [2.24, 2.45) is 5.92 Å². The van der Waals surface area contributed by atoms with E-state index < -0.39 is 0 Å². The zero-order valence-electron chi connectivity index (χ0n) is 22.6. The number of hydrogen-bond donors (Lipinski definition) is 2. The van der Waals surface area contributed by atoms with E-state index in [2.05, 4.69) is 80.2 Å². The number of nitrogens with one attached hydrogen (secondary N) is 2. The van der Waals surface area contributed by atoms with Crippen LogP contribution in [0.2, 0.25) is 0 Å². The Kier molecular flexibility index (Phi) is 5.90. The topological polar surface area (TPSA) is 78.3 Å². The summed E-state index contributed by atoms with van der Waals surface area (Å²) in [6.07, 6.45) is 5.18. The quantitative estimate of drug-likeness (QED) is 0.347. The van der Waals surface area contributed by atoms with Crippen LogP contribution in [0, 0.1) is 5.92 Å². The highest BCUT2D eigenvalue weighted by molar-refractivity contribution is 6.02. The lowest BCUT2D eigenvalue weighted by molar-refractivity contribution is -0.120. The lowest BCUT2D eigenvalue weighted by Crippen LogP contribution is -2.46. The first-order valence-electron chi connectivity index (χ1n) is 14.2. The first kappa shape index (κ1) is 24.0. The van der Waals surface area contributed by atoms with Gasteiger partial charge in [-0.2, -0.15) is 0 Å². The van der Waals surface area contributed by atoms with Crippen LogP contribution in [0.25, 0.3) is 22.4 Å². The van der Waals surface area contributed by atoms with E-state index in [1.54, 1.807) is 0 Å². The number of hydrogen-bond acceptors (Lipinski definition) is 6. The van der Waals surface area contributed by atoms with E-state index in [1.165, 1.54) is 18.5 Å². The summed E-state index contributed by atoms with van der Waals surface area (Å²) in [5.41, 5.74) is 6.00. The number of carbonyl (C=O) groups excluding carboxylic acids is 1. The molecule has 1 aliphatic carbocycles. The third kappa shape index (κ3) is 4.37. The lowest BCUT2D eigenvalue weighted by Gasteiger charge is -2.36. The van der Waals surface area contributed by atoms with Gasteiger partial charge >= 0.3 is 0 Å². The predicted octanol–water partition coefficient (Wildman–Crippen LogP) is 5.54. The molecule has 4 heterocycles. The summed E-state index contributed by atoms with van der Waals surface area (Å²) in [6.45, 7) is 8.00. The van der Waals surface area contributed by atoms with Gasteiger partial charge in [-0.05, 0) is 67.3 Å². The summed E-state index contributed by atoms with van der Waals surface area (Å²) in [7, 11) is 0. The second-order valence-electron chi connectivity index (χ2n) is 11.1. The molecular weight excluding hydrogens is 486 g/mol. The molecule has 2 fully saturated rings. The third-order valence-electron chi connectivity index (χ3n) is 8.49. The Morgan fingerprint density at radius 2 is 1.85 bits per heavy atom. The van der Waals surface area contributed by atoms with Crippen LogP contribution in [0.1, 0.15) is 39.2 Å². The Morgan fingerprint density at radius 3 is 2.59 bits per heavy atom. The van der Waals surface area contributed by atoms with E-state index in [4.69, 9.17) is 4.98 Å². The highest BCUT2D eigenvalue weighted by Gasteiger charge is 2.34. The fourth-order valence-electron chi connectivity index (χ4n) is 5.94. The number of rotatable bonds is 6. The summed E-state index contributed by atoms with van der Waals surface area (Å²) in [6, 6.07) is 19.1. The van der Waals surface area contributed by atoms with Crippen molar-refractivity contribution in [2.45, 2.75) is 45.2 Å². The molecule has 2 N–H and O–H groups in total. The Labute approximate surface area is 229 Å². The highest BCUT2D eigenvalue weighted by Crippen LogP contribution is 2.41. The van der Waals surface area contributed by atoms with E-state index in [-0.39, 0.29) is 17.9 Å². The lowest BCUT2D eigenvalue weighted by atomic mass is 9.98. The van der Waals surface area contributed by atoms with E-state index in [9.17, 15) is 4.79 Å². The zero-order valence-corrected chi connectivity index (χ0v) is 22.6. The SMILES string of the molecule is CCC(C)C1C(=O)Nc2ccc(NC3CC3)cc2-c2nc3cc(N4CCN(c5ccccn5)CC4)ccc3n21. The number of benzene rings is 2. The molecule has 39 heavy (non-hydrogen) atoms. The average molecular weight is 522 g/mol. The Morgan fingerprint density at radius 1 is 1.03 bits per heavy atom. The molecule has 2 unspecified atom stereocenters. The minimum absolute atomic E-state index is 0.0290. The molecular formula is C31H35N7O. The fraction of sp³-hybridized carbons (Fsp3) is 0.387. The molecule has 200 valence electrons. The van der Waals surface area contributed by atoms with Crippen molar-refractivity contribution in [3.8, 4) is 11.4 Å². The van der Waals surface area contributed by atoms with Crippen molar-refractivity contribution < 1.29 is 4.79 Å². The van der Waals surface area contributed by atoms with E-state index in [0.29, 0.717) is 6.04 Å². The summed E-state index contributed by atoms with van der Waals surface area (Å²) >= 11 is 0. The average Bonchev–Trinajstić information content (AvgIpc) is 3.74. The van der Waals surface area contributed by atoms with Crippen LogP contribution in [0.4, 0.5) is 22.9 Å². The Bertz CT molecular complexity index is 1520. The second-order valence-corrected chi connectivity index (χ2v) is 11.1. The molecule has 2 aromatic heterocycles. The summed E-state index contributed by atoms with van der Waals surface area (Å²) in [4.78, 5) is 28.1. The van der Waals surface area contributed by atoms with Gasteiger partial charge in [0.15, 0.2) is 0 Å². The molecule has 2 aliphatic heterocycles. The molecule has 2 aromatic carbocycles. The highest BCUT2D eigenvalue weighted by atomic mass is 16.2. The van der Waals surface area contributed by atoms with Gasteiger partial charge in [0.2, 0.25) is 5.91 Å². The summed E-state index contributed by atoms with van der Waals surface area (Å²) in [5.74, 6) is 2.09. The number of imidazole rings is 1. The largest absolute Gasteiger partial charge is 0.382 e. The van der Waals surface area contributed by atoms with Gasteiger partial charge in [-0.3, -0.25) is 4.79 Å². The number of amides is 1. The molecule has 0 spiro atoms. The number of fused-ring (bicyclic) bond motifs is 5. The number of piperazine rings is 1. The summed E-state index contributed by atoms with van der Waals surface area (Å²) < 4.78 is 2.19. The van der Waals surface area contributed by atoms with Gasteiger partial charge in [-0.15, -0.1) is 0 Å². The maximum Gasteiger partial charge on any atom is 0.247 e. The van der Waals surface area contributed by atoms with Crippen molar-refractivity contribution in [1.82, 2.24) is 14.5 Å². The van der Waals surface area contributed by atoms with E-state index >= 15 is 0 Å². The number of nitrogens with zero attached hydrogens (tertiary/aromatic N) is 5. The number of aromatic nitrogens is 3. The molecule has 2 atom stereocenters. The number of carbonyl (C=O) groups is 1. The maximum atomic E-state index is 13.6. The number of anilines is 4. The van der Waals surface area contributed by atoms with Crippen molar-refractivity contribution >= 4 is 39.8 Å². The van der Waals surface area contributed by atoms with Crippen LogP contribution in [0.3, 0.4) is 0 Å².